The number of alkyl halides is 3. The zero-order valence-corrected chi connectivity index (χ0v) is 9.67. The highest BCUT2D eigenvalue weighted by Gasteiger charge is 2.38. The molecule has 0 saturated heterocycles. The van der Waals surface area contributed by atoms with Gasteiger partial charge in [0.2, 0.25) is 0 Å². The van der Waals surface area contributed by atoms with Gasteiger partial charge >= 0.3 is 12.1 Å². The van der Waals surface area contributed by atoms with Crippen LogP contribution in [0, 0.1) is 0 Å². The Balaban J connectivity index is 2.50. The number of benzene rings is 1. The molecule has 1 aromatic carbocycles. The molecule has 0 fully saturated rings. The van der Waals surface area contributed by atoms with Crippen molar-refractivity contribution >= 4 is 11.6 Å². The number of hydrogen-bond donors (Lipinski definition) is 2. The summed E-state index contributed by atoms with van der Waals surface area (Å²) in [4.78, 5) is 10.5. The van der Waals surface area contributed by atoms with Crippen molar-refractivity contribution in [3.05, 3.63) is 23.8 Å². The third kappa shape index (κ3) is 3.83. The Morgan fingerprint density at radius 1 is 1.44 bits per heavy atom. The molecule has 0 aliphatic heterocycles. The van der Waals surface area contributed by atoms with E-state index in [9.17, 15) is 18.0 Å². The van der Waals surface area contributed by atoms with Crippen LogP contribution in [0.25, 0.3) is 0 Å². The molecular formula is C11H13F3N2O2. The number of carbonyl (C=O) groups is 1. The van der Waals surface area contributed by atoms with Crippen molar-refractivity contribution in [2.75, 3.05) is 19.4 Å². The largest absolute Gasteiger partial charge is 0.495 e. The molecule has 0 spiro atoms. The van der Waals surface area contributed by atoms with Crippen LogP contribution in [0.2, 0.25) is 0 Å². The minimum Gasteiger partial charge on any atom is -0.495 e. The van der Waals surface area contributed by atoms with Gasteiger partial charge in [-0.15, -0.1) is 0 Å². The van der Waals surface area contributed by atoms with Gasteiger partial charge in [0.1, 0.15) is 5.75 Å². The van der Waals surface area contributed by atoms with E-state index in [4.69, 9.17) is 10.5 Å². The number of methoxy groups -OCH3 is 1. The lowest BCUT2D eigenvalue weighted by Crippen LogP contribution is -2.37. The van der Waals surface area contributed by atoms with Crippen molar-refractivity contribution in [3.63, 3.8) is 0 Å². The van der Waals surface area contributed by atoms with Crippen molar-refractivity contribution in [3.8, 4) is 5.75 Å². The topological polar surface area (TPSA) is 64.3 Å². The molecule has 0 unspecified atom stereocenters. The maximum atomic E-state index is 11.9. The van der Waals surface area contributed by atoms with E-state index in [0.717, 1.165) is 5.56 Å². The van der Waals surface area contributed by atoms with Crippen LogP contribution in [0.5, 0.6) is 5.75 Å². The van der Waals surface area contributed by atoms with E-state index in [1.807, 2.05) is 0 Å². The van der Waals surface area contributed by atoms with E-state index in [1.54, 1.807) is 23.5 Å². The molecule has 0 aliphatic carbocycles. The Bertz CT molecular complexity index is 433. The monoisotopic (exact) mass is 262 g/mol. The normalized spacial score (nSPS) is 11.1. The van der Waals surface area contributed by atoms with E-state index < -0.39 is 12.1 Å². The molecule has 0 aliphatic rings. The molecule has 1 aromatic rings. The van der Waals surface area contributed by atoms with Crippen molar-refractivity contribution in [2.24, 2.45) is 0 Å². The number of rotatable bonds is 4. The van der Waals surface area contributed by atoms with Gasteiger partial charge in [-0.25, -0.2) is 0 Å². The van der Waals surface area contributed by atoms with Gasteiger partial charge in [0, 0.05) is 6.54 Å². The first-order valence-corrected chi connectivity index (χ1v) is 5.12. The SMILES string of the molecule is COc1ccc(CCNC(=O)C(F)(F)F)cc1N. The predicted octanol–water partition coefficient (Wildman–Crippen LogP) is 1.50. The molecule has 0 bridgehead atoms. The summed E-state index contributed by atoms with van der Waals surface area (Å²) in [6, 6.07) is 4.89. The zero-order valence-electron chi connectivity index (χ0n) is 9.67. The zero-order chi connectivity index (χ0) is 13.8. The molecule has 100 valence electrons. The minimum atomic E-state index is -4.85. The molecule has 18 heavy (non-hydrogen) atoms. The summed E-state index contributed by atoms with van der Waals surface area (Å²) < 4.78 is 40.6. The van der Waals surface area contributed by atoms with E-state index in [1.165, 1.54) is 7.11 Å². The summed E-state index contributed by atoms with van der Waals surface area (Å²) in [6.45, 7) is -0.107. The predicted molar refractivity (Wildman–Crippen MR) is 60.2 cm³/mol. The number of nitrogens with two attached hydrogens (primary N) is 1. The summed E-state index contributed by atoms with van der Waals surface area (Å²) >= 11 is 0. The maximum absolute atomic E-state index is 11.9. The fourth-order valence-corrected chi connectivity index (χ4v) is 1.36. The molecular weight excluding hydrogens is 249 g/mol. The molecule has 4 nitrogen and oxygen atoms in total. The minimum absolute atomic E-state index is 0.107. The first kappa shape index (κ1) is 14.1. The highest BCUT2D eigenvalue weighted by atomic mass is 19.4. The van der Waals surface area contributed by atoms with Crippen LogP contribution in [0.3, 0.4) is 0 Å². The maximum Gasteiger partial charge on any atom is 0.471 e. The van der Waals surface area contributed by atoms with Gasteiger partial charge in [-0.2, -0.15) is 13.2 Å². The Kier molecular flexibility index (Phi) is 4.41. The Labute approximate surface area is 102 Å². The number of carbonyl (C=O) groups excluding carboxylic acids is 1. The molecule has 3 N–H and O–H groups in total. The van der Waals surface area contributed by atoms with Gasteiger partial charge in [-0.1, -0.05) is 6.07 Å². The second kappa shape index (κ2) is 5.61. The number of nitrogen functional groups attached to an aromatic ring is 1. The Morgan fingerprint density at radius 3 is 2.61 bits per heavy atom. The van der Waals surface area contributed by atoms with E-state index in [0.29, 0.717) is 11.4 Å². The quantitative estimate of drug-likeness (QED) is 0.808. The number of ether oxygens (including phenoxy) is 1. The van der Waals surface area contributed by atoms with Crippen LogP contribution in [0.4, 0.5) is 18.9 Å². The molecule has 0 heterocycles. The number of nitrogens with one attached hydrogen (secondary N) is 1. The molecule has 0 radical (unpaired) electrons. The first-order valence-electron chi connectivity index (χ1n) is 5.12. The lowest BCUT2D eigenvalue weighted by Gasteiger charge is -2.09. The average molecular weight is 262 g/mol. The average Bonchev–Trinajstić information content (AvgIpc) is 2.28. The van der Waals surface area contributed by atoms with Gasteiger partial charge in [0.15, 0.2) is 0 Å². The lowest BCUT2D eigenvalue weighted by molar-refractivity contribution is -0.173. The van der Waals surface area contributed by atoms with Gasteiger partial charge in [0.05, 0.1) is 12.8 Å². The highest BCUT2D eigenvalue weighted by molar-refractivity contribution is 5.81. The van der Waals surface area contributed by atoms with Gasteiger partial charge in [-0.3, -0.25) is 4.79 Å². The van der Waals surface area contributed by atoms with Crippen molar-refractivity contribution in [2.45, 2.75) is 12.6 Å². The van der Waals surface area contributed by atoms with Crippen molar-refractivity contribution in [1.82, 2.24) is 5.32 Å². The van der Waals surface area contributed by atoms with Gasteiger partial charge in [0.25, 0.3) is 0 Å². The molecule has 1 rings (SSSR count). The summed E-state index contributed by atoms with van der Waals surface area (Å²) in [7, 11) is 1.47. The molecule has 7 heteroatoms. The summed E-state index contributed by atoms with van der Waals surface area (Å²) in [5.41, 5.74) is 6.76. The van der Waals surface area contributed by atoms with Gasteiger partial charge in [-0.05, 0) is 24.1 Å². The standard InChI is InChI=1S/C11H13F3N2O2/c1-18-9-3-2-7(6-8(9)15)4-5-16-10(17)11(12,13)14/h2-3,6H,4-5,15H2,1H3,(H,16,17). The third-order valence-electron chi connectivity index (χ3n) is 2.25. The van der Waals surface area contributed by atoms with Crippen LogP contribution in [-0.2, 0) is 11.2 Å². The highest BCUT2D eigenvalue weighted by Crippen LogP contribution is 2.22. The van der Waals surface area contributed by atoms with Crippen molar-refractivity contribution < 1.29 is 22.7 Å². The fourth-order valence-electron chi connectivity index (χ4n) is 1.36. The third-order valence-corrected chi connectivity index (χ3v) is 2.25. The Hall–Kier alpha value is -1.92. The second-order valence-corrected chi connectivity index (χ2v) is 3.58. The molecule has 0 saturated carbocycles. The van der Waals surface area contributed by atoms with Crippen molar-refractivity contribution in [1.29, 1.82) is 0 Å². The van der Waals surface area contributed by atoms with Crippen LogP contribution < -0.4 is 15.8 Å². The number of anilines is 1. The summed E-state index contributed by atoms with van der Waals surface area (Å²) in [6.07, 6.45) is -4.59. The van der Waals surface area contributed by atoms with Crippen LogP contribution in [0.1, 0.15) is 5.56 Å². The van der Waals surface area contributed by atoms with Crippen LogP contribution >= 0.6 is 0 Å². The van der Waals surface area contributed by atoms with E-state index >= 15 is 0 Å². The summed E-state index contributed by atoms with van der Waals surface area (Å²) in [5, 5.41) is 1.78. The molecule has 1 amide bonds. The van der Waals surface area contributed by atoms with Gasteiger partial charge < -0.3 is 15.8 Å². The first-order chi connectivity index (χ1) is 8.34. The fraction of sp³-hybridized carbons (Fsp3) is 0.364. The molecule has 0 atom stereocenters. The number of amides is 1. The Morgan fingerprint density at radius 2 is 2.11 bits per heavy atom. The van der Waals surface area contributed by atoms with E-state index in [-0.39, 0.29) is 13.0 Å². The van der Waals surface area contributed by atoms with E-state index in [2.05, 4.69) is 0 Å². The summed E-state index contributed by atoms with van der Waals surface area (Å²) in [5.74, 6) is -1.44. The number of hydrogen-bond acceptors (Lipinski definition) is 3. The number of halogens is 3. The van der Waals surface area contributed by atoms with Crippen LogP contribution in [-0.4, -0.2) is 25.7 Å². The van der Waals surface area contributed by atoms with Crippen LogP contribution in [0.15, 0.2) is 18.2 Å². The second-order valence-electron chi connectivity index (χ2n) is 3.58. The molecule has 0 aromatic heterocycles. The smallest absolute Gasteiger partial charge is 0.471 e. The lowest BCUT2D eigenvalue weighted by atomic mass is 10.1.